The molecule has 1 aliphatic carbocycles. The predicted molar refractivity (Wildman–Crippen MR) is 116 cm³/mol. The third-order valence-electron chi connectivity index (χ3n) is 5.87. The standard InChI is InChI=1S/C24H25N5O2/c1-15(2)12-31-20-6-5-16(9-21(20)30-4)22-19-11-29(3)8-7-17(19)18(10-25)23(28)24(22,13-26)14-27/h5-7,9,19,22H,1,8,11-12,28H2,2-4H3. The third-order valence-corrected chi connectivity index (χ3v) is 5.87. The summed E-state index contributed by atoms with van der Waals surface area (Å²) in [6.07, 6.45) is 1.97. The van der Waals surface area contributed by atoms with Gasteiger partial charge in [0.25, 0.3) is 0 Å². The maximum Gasteiger partial charge on any atom is 0.191 e. The number of allylic oxidation sites excluding steroid dienone is 2. The summed E-state index contributed by atoms with van der Waals surface area (Å²) in [6, 6.07) is 11.8. The minimum Gasteiger partial charge on any atom is -0.493 e. The highest BCUT2D eigenvalue weighted by atomic mass is 16.5. The zero-order valence-electron chi connectivity index (χ0n) is 18.0. The minimum atomic E-state index is -1.67. The van der Waals surface area contributed by atoms with Crippen molar-refractivity contribution in [2.75, 3.05) is 33.9 Å². The molecule has 2 unspecified atom stereocenters. The Kier molecular flexibility index (Phi) is 6.07. The lowest BCUT2D eigenvalue weighted by Crippen LogP contribution is -2.47. The van der Waals surface area contributed by atoms with Gasteiger partial charge in [0.05, 0.1) is 30.5 Å². The number of likely N-dealkylation sites (N-methyl/N-ethyl adjacent to an activating group) is 1. The van der Waals surface area contributed by atoms with Gasteiger partial charge >= 0.3 is 0 Å². The average molecular weight is 415 g/mol. The van der Waals surface area contributed by atoms with E-state index in [1.54, 1.807) is 12.1 Å². The van der Waals surface area contributed by atoms with Crippen LogP contribution in [0.4, 0.5) is 0 Å². The number of fused-ring (bicyclic) bond motifs is 1. The molecule has 0 fully saturated rings. The van der Waals surface area contributed by atoms with Crippen LogP contribution in [0.1, 0.15) is 18.4 Å². The van der Waals surface area contributed by atoms with Crippen molar-refractivity contribution < 1.29 is 9.47 Å². The van der Waals surface area contributed by atoms with E-state index in [0.29, 0.717) is 31.2 Å². The van der Waals surface area contributed by atoms with Crippen LogP contribution in [0.3, 0.4) is 0 Å². The Morgan fingerprint density at radius 2 is 2.00 bits per heavy atom. The molecule has 0 aromatic heterocycles. The molecule has 1 aliphatic heterocycles. The molecular weight excluding hydrogens is 390 g/mol. The first-order valence-electron chi connectivity index (χ1n) is 9.89. The zero-order valence-corrected chi connectivity index (χ0v) is 18.0. The highest BCUT2D eigenvalue weighted by Gasteiger charge is 2.54. The SMILES string of the molecule is C=C(C)COc1ccc(C2C3CN(C)CC=C3C(C#N)=C(N)C2(C#N)C#N)cc1OC. The Bertz CT molecular complexity index is 1080. The second-order valence-corrected chi connectivity index (χ2v) is 8.05. The summed E-state index contributed by atoms with van der Waals surface area (Å²) >= 11 is 0. The van der Waals surface area contributed by atoms with Crippen LogP contribution in [0.15, 0.2) is 53.3 Å². The van der Waals surface area contributed by atoms with Crippen LogP contribution in [0.5, 0.6) is 11.5 Å². The van der Waals surface area contributed by atoms with Crippen molar-refractivity contribution in [1.29, 1.82) is 15.8 Å². The molecular formula is C24H25N5O2. The van der Waals surface area contributed by atoms with Gasteiger partial charge in [-0.05, 0) is 42.8 Å². The van der Waals surface area contributed by atoms with Crippen molar-refractivity contribution in [2.24, 2.45) is 17.1 Å². The monoisotopic (exact) mass is 415 g/mol. The van der Waals surface area contributed by atoms with Crippen LogP contribution < -0.4 is 15.2 Å². The fourth-order valence-electron chi connectivity index (χ4n) is 4.40. The highest BCUT2D eigenvalue weighted by molar-refractivity contribution is 5.60. The largest absolute Gasteiger partial charge is 0.493 e. The van der Waals surface area contributed by atoms with Crippen molar-refractivity contribution in [2.45, 2.75) is 12.8 Å². The Morgan fingerprint density at radius 1 is 1.29 bits per heavy atom. The number of ether oxygens (including phenoxy) is 2. The van der Waals surface area contributed by atoms with Crippen molar-refractivity contribution in [3.8, 4) is 29.7 Å². The van der Waals surface area contributed by atoms with E-state index in [-0.39, 0.29) is 17.2 Å². The van der Waals surface area contributed by atoms with Gasteiger partial charge in [-0.15, -0.1) is 0 Å². The molecule has 1 heterocycles. The molecule has 2 aliphatic rings. The summed E-state index contributed by atoms with van der Waals surface area (Å²) in [7, 11) is 3.50. The summed E-state index contributed by atoms with van der Waals surface area (Å²) < 4.78 is 11.3. The Hall–Kier alpha value is -3.73. The van der Waals surface area contributed by atoms with Gasteiger partial charge in [0.1, 0.15) is 12.7 Å². The van der Waals surface area contributed by atoms with Gasteiger partial charge < -0.3 is 20.1 Å². The van der Waals surface area contributed by atoms with Crippen LogP contribution in [0.2, 0.25) is 0 Å². The summed E-state index contributed by atoms with van der Waals surface area (Å²) in [6.45, 7) is 7.32. The molecule has 1 aromatic rings. The van der Waals surface area contributed by atoms with E-state index < -0.39 is 11.3 Å². The lowest BCUT2D eigenvalue weighted by Gasteiger charge is -2.45. The third kappa shape index (κ3) is 3.63. The smallest absolute Gasteiger partial charge is 0.191 e. The van der Waals surface area contributed by atoms with E-state index in [1.165, 1.54) is 7.11 Å². The summed E-state index contributed by atoms with van der Waals surface area (Å²) in [4.78, 5) is 2.10. The van der Waals surface area contributed by atoms with Crippen LogP contribution in [-0.4, -0.2) is 38.8 Å². The van der Waals surface area contributed by atoms with Gasteiger partial charge in [-0.3, -0.25) is 0 Å². The first-order valence-corrected chi connectivity index (χ1v) is 9.89. The van der Waals surface area contributed by atoms with E-state index in [0.717, 1.165) is 16.7 Å². The van der Waals surface area contributed by atoms with Gasteiger partial charge in [-0.2, -0.15) is 15.8 Å². The summed E-state index contributed by atoms with van der Waals surface area (Å²) in [5.41, 5.74) is 7.31. The molecule has 2 atom stereocenters. The van der Waals surface area contributed by atoms with E-state index >= 15 is 0 Å². The van der Waals surface area contributed by atoms with Crippen molar-refractivity contribution in [1.82, 2.24) is 4.90 Å². The normalized spacial score (nSPS) is 22.3. The van der Waals surface area contributed by atoms with Gasteiger partial charge in [0.2, 0.25) is 0 Å². The Morgan fingerprint density at radius 3 is 2.58 bits per heavy atom. The van der Waals surface area contributed by atoms with E-state index in [4.69, 9.17) is 15.2 Å². The molecule has 0 spiro atoms. The molecule has 7 nitrogen and oxygen atoms in total. The minimum absolute atomic E-state index is 0.0126. The van der Waals surface area contributed by atoms with Gasteiger partial charge in [-0.25, -0.2) is 0 Å². The maximum atomic E-state index is 10.1. The first kappa shape index (κ1) is 22.0. The predicted octanol–water partition coefficient (Wildman–Crippen LogP) is 3.01. The van der Waals surface area contributed by atoms with E-state index in [2.05, 4.69) is 29.7 Å². The second-order valence-electron chi connectivity index (χ2n) is 8.05. The summed E-state index contributed by atoms with van der Waals surface area (Å²) in [5, 5.41) is 30.1. The number of nitrogens with zero attached hydrogens (tertiary/aromatic N) is 4. The van der Waals surface area contributed by atoms with Crippen molar-refractivity contribution in [3.63, 3.8) is 0 Å². The maximum absolute atomic E-state index is 10.1. The fourth-order valence-corrected chi connectivity index (χ4v) is 4.40. The number of rotatable bonds is 5. The lowest BCUT2D eigenvalue weighted by molar-refractivity contribution is 0.237. The number of methoxy groups -OCH3 is 1. The fraction of sp³-hybridized carbons (Fsp3) is 0.375. The van der Waals surface area contributed by atoms with Crippen molar-refractivity contribution >= 4 is 0 Å². The highest BCUT2D eigenvalue weighted by Crippen LogP contribution is 2.54. The van der Waals surface area contributed by atoms with Gasteiger partial charge in [-0.1, -0.05) is 18.7 Å². The number of hydrogen-bond donors (Lipinski definition) is 1. The Labute approximate surface area is 182 Å². The van der Waals surface area contributed by atoms with Gasteiger partial charge in [0.15, 0.2) is 16.9 Å². The topological polar surface area (TPSA) is 119 Å². The van der Waals surface area contributed by atoms with Gasteiger partial charge in [0, 0.05) is 24.9 Å². The molecule has 0 saturated heterocycles. The molecule has 7 heteroatoms. The number of nitrogens with two attached hydrogens (primary N) is 1. The Balaban J connectivity index is 2.21. The molecule has 1 aromatic carbocycles. The summed E-state index contributed by atoms with van der Waals surface area (Å²) in [5.74, 6) is 0.221. The number of hydrogen-bond acceptors (Lipinski definition) is 7. The van der Waals surface area contributed by atoms with Crippen LogP contribution >= 0.6 is 0 Å². The van der Waals surface area contributed by atoms with Crippen molar-refractivity contribution in [3.05, 3.63) is 58.8 Å². The van der Waals surface area contributed by atoms with Crippen LogP contribution in [-0.2, 0) is 0 Å². The molecule has 2 N–H and O–H groups in total. The molecule has 0 saturated carbocycles. The molecule has 3 rings (SSSR count). The van der Waals surface area contributed by atoms with Crippen LogP contribution in [0.25, 0.3) is 0 Å². The molecule has 0 bridgehead atoms. The lowest BCUT2D eigenvalue weighted by atomic mass is 9.58. The average Bonchev–Trinajstić information content (AvgIpc) is 2.77. The molecule has 0 amide bonds. The zero-order chi connectivity index (χ0) is 22.8. The number of benzene rings is 1. The molecule has 0 radical (unpaired) electrons. The number of nitriles is 3. The second kappa shape index (κ2) is 8.56. The molecule has 31 heavy (non-hydrogen) atoms. The first-order chi connectivity index (χ1) is 14.8. The van der Waals surface area contributed by atoms with E-state index in [1.807, 2.05) is 26.1 Å². The van der Waals surface area contributed by atoms with Crippen LogP contribution in [0, 0.1) is 45.3 Å². The quantitative estimate of drug-likeness (QED) is 0.734. The molecule has 158 valence electrons. The van der Waals surface area contributed by atoms with E-state index in [9.17, 15) is 15.8 Å².